The molecule has 0 aliphatic heterocycles. The molecule has 0 fully saturated rings. The highest BCUT2D eigenvalue weighted by Gasteiger charge is 2.24. The largest absolute Gasteiger partial charge is 0.293 e. The summed E-state index contributed by atoms with van der Waals surface area (Å²) >= 11 is 0. The number of Topliss-reactive ketones (excluding diaryl/α,β-unsaturated/α-hetero) is 1. The number of carbonyl (C=O) groups excluding carboxylic acids is 1. The van der Waals surface area contributed by atoms with Crippen LogP contribution >= 0.6 is 0 Å². The second-order valence-corrected chi connectivity index (χ2v) is 5.77. The molecule has 0 N–H and O–H groups in total. The molecule has 120 valence electrons. The Morgan fingerprint density at radius 3 is 1.54 bits per heavy atom. The highest BCUT2D eigenvalue weighted by atomic mass is 19.1. The van der Waals surface area contributed by atoms with Gasteiger partial charge in [-0.2, -0.15) is 0 Å². The third-order valence-electron chi connectivity index (χ3n) is 4.00. The summed E-state index contributed by atoms with van der Waals surface area (Å²) in [7, 11) is 0. The van der Waals surface area contributed by atoms with Crippen LogP contribution in [0.4, 0.5) is 8.78 Å². The second-order valence-electron chi connectivity index (χ2n) is 5.77. The molecule has 0 spiro atoms. The lowest BCUT2D eigenvalue weighted by atomic mass is 9.84. The summed E-state index contributed by atoms with van der Waals surface area (Å²) in [5.74, 6) is -1.43. The Bertz CT molecular complexity index is 789. The van der Waals surface area contributed by atoms with Crippen LogP contribution in [0.15, 0.2) is 72.8 Å². The summed E-state index contributed by atoms with van der Waals surface area (Å²) in [6.45, 7) is 1.95. The van der Waals surface area contributed by atoms with Gasteiger partial charge < -0.3 is 0 Å². The molecule has 24 heavy (non-hydrogen) atoms. The molecule has 3 rings (SSSR count). The van der Waals surface area contributed by atoms with Gasteiger partial charge in [-0.25, -0.2) is 8.78 Å². The average molecular weight is 322 g/mol. The van der Waals surface area contributed by atoms with Crippen molar-refractivity contribution in [2.24, 2.45) is 0 Å². The van der Waals surface area contributed by atoms with E-state index in [0.717, 1.165) is 5.56 Å². The average Bonchev–Trinajstić information content (AvgIpc) is 2.59. The number of aryl methyl sites for hydroxylation is 1. The first-order valence-electron chi connectivity index (χ1n) is 7.66. The van der Waals surface area contributed by atoms with E-state index in [0.29, 0.717) is 16.7 Å². The zero-order valence-electron chi connectivity index (χ0n) is 13.2. The third-order valence-corrected chi connectivity index (χ3v) is 4.00. The highest BCUT2D eigenvalue weighted by molar-refractivity contribution is 6.03. The van der Waals surface area contributed by atoms with Crippen molar-refractivity contribution in [1.82, 2.24) is 0 Å². The van der Waals surface area contributed by atoms with Gasteiger partial charge in [-0.1, -0.05) is 54.1 Å². The summed E-state index contributed by atoms with van der Waals surface area (Å²) < 4.78 is 26.5. The molecule has 0 atom stereocenters. The van der Waals surface area contributed by atoms with Crippen LogP contribution in [-0.4, -0.2) is 5.78 Å². The van der Waals surface area contributed by atoms with E-state index >= 15 is 0 Å². The Hall–Kier alpha value is -2.81. The van der Waals surface area contributed by atoms with Crippen LogP contribution in [0.2, 0.25) is 0 Å². The lowest BCUT2D eigenvalue weighted by Crippen LogP contribution is -2.14. The standard InChI is InChI=1S/C21H16F2O/c1-14-2-4-17(5-3-14)21(24)20(15-6-10-18(22)11-7-15)16-8-12-19(23)13-9-16/h2-13,20H,1H3. The van der Waals surface area contributed by atoms with Gasteiger partial charge in [0.2, 0.25) is 0 Å². The first kappa shape index (κ1) is 16.1. The number of rotatable bonds is 4. The monoisotopic (exact) mass is 322 g/mol. The Morgan fingerprint density at radius 2 is 1.12 bits per heavy atom. The van der Waals surface area contributed by atoms with Crippen LogP contribution in [-0.2, 0) is 0 Å². The molecular weight excluding hydrogens is 306 g/mol. The summed E-state index contributed by atoms with van der Waals surface area (Å²) in [5, 5.41) is 0. The van der Waals surface area contributed by atoms with Gasteiger partial charge in [0.1, 0.15) is 11.6 Å². The molecule has 3 aromatic rings. The van der Waals surface area contributed by atoms with Crippen molar-refractivity contribution in [3.63, 3.8) is 0 Å². The van der Waals surface area contributed by atoms with Crippen LogP contribution in [0.1, 0.15) is 33.0 Å². The van der Waals surface area contributed by atoms with Crippen molar-refractivity contribution in [3.8, 4) is 0 Å². The minimum Gasteiger partial charge on any atom is -0.293 e. The fourth-order valence-electron chi connectivity index (χ4n) is 2.69. The number of ketones is 1. The zero-order valence-corrected chi connectivity index (χ0v) is 13.2. The summed E-state index contributed by atoms with van der Waals surface area (Å²) in [6.07, 6.45) is 0. The van der Waals surface area contributed by atoms with Gasteiger partial charge >= 0.3 is 0 Å². The maximum atomic E-state index is 13.2. The Balaban J connectivity index is 2.07. The number of hydrogen-bond acceptors (Lipinski definition) is 1. The number of benzene rings is 3. The Kier molecular flexibility index (Phi) is 4.52. The fraction of sp³-hybridized carbons (Fsp3) is 0.0952. The van der Waals surface area contributed by atoms with Gasteiger partial charge in [0, 0.05) is 5.56 Å². The molecule has 0 bridgehead atoms. The summed E-state index contributed by atoms with van der Waals surface area (Å²) in [6, 6.07) is 19.0. The van der Waals surface area contributed by atoms with Crippen LogP contribution in [0.3, 0.4) is 0 Å². The second kappa shape index (κ2) is 6.75. The normalized spacial score (nSPS) is 10.8. The van der Waals surface area contributed by atoms with E-state index in [9.17, 15) is 13.6 Å². The molecule has 1 nitrogen and oxygen atoms in total. The molecule has 0 heterocycles. The van der Waals surface area contributed by atoms with Gasteiger partial charge in [0.25, 0.3) is 0 Å². The quantitative estimate of drug-likeness (QED) is 0.597. The molecule has 0 amide bonds. The molecule has 0 unspecified atom stereocenters. The lowest BCUT2D eigenvalue weighted by molar-refractivity contribution is 0.0974. The highest BCUT2D eigenvalue weighted by Crippen LogP contribution is 2.29. The summed E-state index contributed by atoms with van der Waals surface area (Å²) in [4.78, 5) is 13.0. The van der Waals surface area contributed by atoms with Crippen LogP contribution in [0.5, 0.6) is 0 Å². The number of carbonyl (C=O) groups is 1. The first-order chi connectivity index (χ1) is 11.5. The molecule has 0 radical (unpaired) electrons. The first-order valence-corrected chi connectivity index (χ1v) is 7.66. The van der Waals surface area contributed by atoms with Crippen LogP contribution in [0, 0.1) is 18.6 Å². The molecule has 0 aromatic heterocycles. The molecule has 0 saturated heterocycles. The Labute approximate surface area is 139 Å². The minimum absolute atomic E-state index is 0.104. The van der Waals surface area contributed by atoms with Crippen molar-refractivity contribution in [3.05, 3.63) is 107 Å². The van der Waals surface area contributed by atoms with E-state index in [1.807, 2.05) is 19.1 Å². The number of halogens is 2. The van der Waals surface area contributed by atoms with Gasteiger partial charge in [-0.05, 0) is 42.3 Å². The van der Waals surface area contributed by atoms with Gasteiger partial charge in [-0.15, -0.1) is 0 Å². The third kappa shape index (κ3) is 3.40. The van der Waals surface area contributed by atoms with Crippen molar-refractivity contribution < 1.29 is 13.6 Å². The summed E-state index contributed by atoms with van der Waals surface area (Å²) in [5.41, 5.74) is 2.98. The van der Waals surface area contributed by atoms with Gasteiger partial charge in [0.15, 0.2) is 5.78 Å². The van der Waals surface area contributed by atoms with Crippen molar-refractivity contribution in [1.29, 1.82) is 0 Å². The molecule has 0 saturated carbocycles. The van der Waals surface area contributed by atoms with E-state index in [1.54, 1.807) is 36.4 Å². The van der Waals surface area contributed by atoms with Crippen molar-refractivity contribution in [2.75, 3.05) is 0 Å². The SMILES string of the molecule is Cc1ccc(C(=O)C(c2ccc(F)cc2)c2ccc(F)cc2)cc1. The lowest BCUT2D eigenvalue weighted by Gasteiger charge is -2.17. The fourth-order valence-corrected chi connectivity index (χ4v) is 2.69. The topological polar surface area (TPSA) is 17.1 Å². The smallest absolute Gasteiger partial charge is 0.174 e. The molecule has 0 aliphatic rings. The minimum atomic E-state index is -0.603. The van der Waals surface area contributed by atoms with Gasteiger partial charge in [0.05, 0.1) is 5.92 Å². The van der Waals surface area contributed by atoms with E-state index in [2.05, 4.69) is 0 Å². The number of hydrogen-bond donors (Lipinski definition) is 0. The zero-order chi connectivity index (χ0) is 17.1. The predicted molar refractivity (Wildman–Crippen MR) is 90.2 cm³/mol. The van der Waals surface area contributed by atoms with Crippen LogP contribution in [0.25, 0.3) is 0 Å². The maximum absolute atomic E-state index is 13.2. The van der Waals surface area contributed by atoms with E-state index in [4.69, 9.17) is 0 Å². The van der Waals surface area contributed by atoms with Gasteiger partial charge in [-0.3, -0.25) is 4.79 Å². The molecule has 0 aliphatic carbocycles. The maximum Gasteiger partial charge on any atom is 0.174 e. The Morgan fingerprint density at radius 1 is 0.708 bits per heavy atom. The predicted octanol–water partition coefficient (Wildman–Crippen LogP) is 5.29. The molecular formula is C21H16F2O. The van der Waals surface area contributed by atoms with Crippen LogP contribution < -0.4 is 0 Å². The van der Waals surface area contributed by atoms with Crippen molar-refractivity contribution in [2.45, 2.75) is 12.8 Å². The van der Waals surface area contributed by atoms with Crippen molar-refractivity contribution >= 4 is 5.78 Å². The molecule has 3 aromatic carbocycles. The van der Waals surface area contributed by atoms with E-state index in [1.165, 1.54) is 24.3 Å². The van der Waals surface area contributed by atoms with E-state index < -0.39 is 5.92 Å². The molecule has 3 heteroatoms. The van der Waals surface area contributed by atoms with E-state index in [-0.39, 0.29) is 17.4 Å².